The average Bonchev–Trinajstić information content (AvgIpc) is 2.55. The molecule has 112 valence electrons. The van der Waals surface area contributed by atoms with Crippen LogP contribution in [-0.2, 0) is 4.74 Å². The molecule has 0 spiro atoms. The van der Waals surface area contributed by atoms with Crippen molar-refractivity contribution in [3.63, 3.8) is 0 Å². The Labute approximate surface area is 138 Å². The molecule has 0 bridgehead atoms. The van der Waals surface area contributed by atoms with E-state index in [2.05, 4.69) is 11.4 Å². The summed E-state index contributed by atoms with van der Waals surface area (Å²) in [7, 11) is 1.29. The normalized spacial score (nSPS) is 11.4. The lowest BCUT2D eigenvalue weighted by Gasteiger charge is -2.17. The Hall–Kier alpha value is -2.22. The third kappa shape index (κ3) is 3.33. The number of rotatable bonds is 4. The van der Waals surface area contributed by atoms with Gasteiger partial charge in [0.15, 0.2) is 0 Å². The Morgan fingerprint density at radius 2 is 1.95 bits per heavy atom. The lowest BCUT2D eigenvalue weighted by molar-refractivity contribution is 0.0599. The predicted octanol–water partition coefficient (Wildman–Crippen LogP) is 4.46. The Morgan fingerprint density at radius 1 is 1.23 bits per heavy atom. The van der Waals surface area contributed by atoms with Crippen LogP contribution >= 0.6 is 23.2 Å². The number of anilines is 1. The second kappa shape index (κ2) is 7.17. The number of nitrogens with one attached hydrogen (secondary N) is 1. The first kappa shape index (κ1) is 16.2. The summed E-state index contributed by atoms with van der Waals surface area (Å²) in [6.07, 6.45) is 0. The largest absolute Gasteiger partial charge is 0.465 e. The third-order valence-corrected chi connectivity index (χ3v) is 3.88. The molecule has 2 rings (SSSR count). The van der Waals surface area contributed by atoms with Gasteiger partial charge in [-0.2, -0.15) is 5.26 Å². The maximum atomic E-state index is 11.8. The number of nitrogens with zero attached hydrogens (tertiary/aromatic N) is 1. The molecule has 6 heteroatoms. The van der Waals surface area contributed by atoms with Gasteiger partial charge in [0.25, 0.3) is 0 Å². The molecule has 0 aromatic heterocycles. The number of hydrogen-bond acceptors (Lipinski definition) is 4. The highest BCUT2D eigenvalue weighted by atomic mass is 35.5. The van der Waals surface area contributed by atoms with E-state index >= 15 is 0 Å². The first-order chi connectivity index (χ1) is 10.6. The summed E-state index contributed by atoms with van der Waals surface area (Å²) < 4.78 is 4.74. The molecule has 1 unspecified atom stereocenters. The number of ether oxygens (including phenoxy) is 1. The van der Waals surface area contributed by atoms with Gasteiger partial charge in [0.2, 0.25) is 0 Å². The van der Waals surface area contributed by atoms with Gasteiger partial charge in [0.1, 0.15) is 6.04 Å². The molecule has 4 nitrogen and oxygen atoms in total. The molecule has 0 radical (unpaired) electrons. The zero-order chi connectivity index (χ0) is 16.1. The highest BCUT2D eigenvalue weighted by molar-refractivity contribution is 6.43. The fraction of sp³-hybridized carbons (Fsp3) is 0.125. The molecular weight excluding hydrogens is 323 g/mol. The van der Waals surface area contributed by atoms with E-state index in [1.54, 1.807) is 42.5 Å². The van der Waals surface area contributed by atoms with Crippen molar-refractivity contribution < 1.29 is 9.53 Å². The molecule has 0 aliphatic heterocycles. The van der Waals surface area contributed by atoms with Crippen LogP contribution < -0.4 is 5.32 Å². The number of methoxy groups -OCH3 is 1. The SMILES string of the molecule is COC(=O)c1ccccc1C(C#N)Nc1cccc(Cl)c1Cl. The van der Waals surface area contributed by atoms with Gasteiger partial charge in [0, 0.05) is 5.56 Å². The molecule has 0 aliphatic rings. The van der Waals surface area contributed by atoms with Gasteiger partial charge in [-0.3, -0.25) is 0 Å². The van der Waals surface area contributed by atoms with Crippen LogP contribution in [-0.4, -0.2) is 13.1 Å². The number of esters is 1. The molecule has 22 heavy (non-hydrogen) atoms. The van der Waals surface area contributed by atoms with Crippen molar-refractivity contribution in [2.75, 3.05) is 12.4 Å². The van der Waals surface area contributed by atoms with E-state index in [0.717, 1.165) is 0 Å². The highest BCUT2D eigenvalue weighted by Crippen LogP contribution is 2.32. The Bertz CT molecular complexity index is 741. The fourth-order valence-electron chi connectivity index (χ4n) is 1.99. The molecule has 1 atom stereocenters. The zero-order valence-corrected chi connectivity index (χ0v) is 13.2. The number of benzene rings is 2. The summed E-state index contributed by atoms with van der Waals surface area (Å²) in [5, 5.41) is 13.1. The standard InChI is InChI=1S/C16H12Cl2N2O2/c1-22-16(21)11-6-3-2-5-10(11)14(9-19)20-13-8-4-7-12(17)15(13)18/h2-8,14,20H,1H3. The van der Waals surface area contributed by atoms with Crippen LogP contribution in [0.4, 0.5) is 5.69 Å². The highest BCUT2D eigenvalue weighted by Gasteiger charge is 2.20. The molecule has 2 aromatic carbocycles. The molecule has 0 saturated carbocycles. The Morgan fingerprint density at radius 3 is 2.64 bits per heavy atom. The van der Waals surface area contributed by atoms with Crippen LogP contribution in [0.1, 0.15) is 22.0 Å². The summed E-state index contributed by atoms with van der Waals surface area (Å²) >= 11 is 12.1. The van der Waals surface area contributed by atoms with Crippen LogP contribution in [0.5, 0.6) is 0 Å². The Kier molecular flexibility index (Phi) is 5.26. The number of carbonyl (C=O) groups is 1. The van der Waals surface area contributed by atoms with Crippen LogP contribution in [0, 0.1) is 11.3 Å². The molecule has 0 fully saturated rings. The Balaban J connectivity index is 2.40. The van der Waals surface area contributed by atoms with E-state index in [0.29, 0.717) is 26.9 Å². The minimum atomic E-state index is -0.772. The summed E-state index contributed by atoms with van der Waals surface area (Å²) in [5.41, 5.74) is 1.34. The van der Waals surface area contributed by atoms with Crippen molar-refractivity contribution in [3.05, 3.63) is 63.6 Å². The summed E-state index contributed by atoms with van der Waals surface area (Å²) in [4.78, 5) is 11.8. The lowest BCUT2D eigenvalue weighted by atomic mass is 10.0. The maximum Gasteiger partial charge on any atom is 0.338 e. The van der Waals surface area contributed by atoms with Crippen LogP contribution in [0.3, 0.4) is 0 Å². The third-order valence-electron chi connectivity index (χ3n) is 3.06. The molecular formula is C16H12Cl2N2O2. The molecule has 0 saturated heterocycles. The maximum absolute atomic E-state index is 11.8. The minimum absolute atomic E-state index is 0.319. The second-order valence-electron chi connectivity index (χ2n) is 4.39. The number of hydrogen-bond donors (Lipinski definition) is 1. The summed E-state index contributed by atoms with van der Waals surface area (Å²) in [5.74, 6) is -0.505. The molecule has 0 aliphatic carbocycles. The quantitative estimate of drug-likeness (QED) is 0.838. The van der Waals surface area contributed by atoms with E-state index in [4.69, 9.17) is 27.9 Å². The van der Waals surface area contributed by atoms with Crippen LogP contribution in [0.15, 0.2) is 42.5 Å². The van der Waals surface area contributed by atoms with Gasteiger partial charge < -0.3 is 10.1 Å². The monoisotopic (exact) mass is 334 g/mol. The van der Waals surface area contributed by atoms with Crippen molar-refractivity contribution in [1.29, 1.82) is 5.26 Å². The summed E-state index contributed by atoms with van der Waals surface area (Å²) in [6, 6.07) is 13.2. The van der Waals surface area contributed by atoms with Gasteiger partial charge in [-0.15, -0.1) is 0 Å². The molecule has 2 aromatic rings. The van der Waals surface area contributed by atoms with E-state index in [1.165, 1.54) is 7.11 Å². The lowest BCUT2D eigenvalue weighted by Crippen LogP contribution is -2.14. The van der Waals surface area contributed by atoms with Gasteiger partial charge in [-0.25, -0.2) is 4.79 Å². The molecule has 1 N–H and O–H groups in total. The van der Waals surface area contributed by atoms with E-state index in [1.807, 2.05) is 0 Å². The van der Waals surface area contributed by atoms with Crippen LogP contribution in [0.2, 0.25) is 10.0 Å². The minimum Gasteiger partial charge on any atom is -0.465 e. The van der Waals surface area contributed by atoms with Crippen molar-refractivity contribution in [3.8, 4) is 6.07 Å². The average molecular weight is 335 g/mol. The van der Waals surface area contributed by atoms with E-state index in [-0.39, 0.29) is 0 Å². The zero-order valence-electron chi connectivity index (χ0n) is 11.6. The first-order valence-electron chi connectivity index (χ1n) is 6.36. The van der Waals surface area contributed by atoms with Crippen molar-refractivity contribution >= 4 is 34.9 Å². The fourth-order valence-corrected chi connectivity index (χ4v) is 2.35. The molecule has 0 heterocycles. The smallest absolute Gasteiger partial charge is 0.338 e. The predicted molar refractivity (Wildman–Crippen MR) is 86.2 cm³/mol. The van der Waals surface area contributed by atoms with Gasteiger partial charge in [0.05, 0.1) is 34.5 Å². The van der Waals surface area contributed by atoms with Crippen molar-refractivity contribution in [2.45, 2.75) is 6.04 Å². The van der Waals surface area contributed by atoms with E-state index in [9.17, 15) is 10.1 Å². The topological polar surface area (TPSA) is 62.1 Å². The van der Waals surface area contributed by atoms with Gasteiger partial charge >= 0.3 is 5.97 Å². The van der Waals surface area contributed by atoms with Crippen molar-refractivity contribution in [1.82, 2.24) is 0 Å². The second-order valence-corrected chi connectivity index (χ2v) is 5.17. The van der Waals surface area contributed by atoms with Gasteiger partial charge in [-0.1, -0.05) is 47.5 Å². The number of nitriles is 1. The van der Waals surface area contributed by atoms with Crippen LogP contribution in [0.25, 0.3) is 0 Å². The number of halogens is 2. The first-order valence-corrected chi connectivity index (χ1v) is 7.11. The molecule has 0 amide bonds. The van der Waals surface area contributed by atoms with Crippen molar-refractivity contribution in [2.24, 2.45) is 0 Å². The summed E-state index contributed by atoms with van der Waals surface area (Å²) in [6.45, 7) is 0. The van der Waals surface area contributed by atoms with E-state index < -0.39 is 12.0 Å². The number of carbonyl (C=O) groups excluding carboxylic acids is 1. The van der Waals surface area contributed by atoms with Gasteiger partial charge in [-0.05, 0) is 18.2 Å².